The molecule has 0 fully saturated rings. The van der Waals surface area contributed by atoms with Crippen molar-refractivity contribution >= 4 is 21.4 Å². The first-order valence-electron chi connectivity index (χ1n) is 6.32. The van der Waals surface area contributed by atoms with E-state index in [4.69, 9.17) is 0 Å². The van der Waals surface area contributed by atoms with Gasteiger partial charge in [-0.2, -0.15) is 0 Å². The fraction of sp³-hybridized carbons (Fsp3) is 0.176. The Labute approximate surface area is 119 Å². The molecular formula is C17H19NS. The fourth-order valence-corrected chi connectivity index (χ4v) is 2.79. The third-order valence-electron chi connectivity index (χ3n) is 2.48. The molecule has 0 bridgehead atoms. The maximum Gasteiger partial charge on any atom is 0.0355 e. The number of rotatable bonds is 1. The topological polar surface area (TPSA) is 3.24 Å². The summed E-state index contributed by atoms with van der Waals surface area (Å²) in [7, 11) is 6.00. The van der Waals surface area contributed by atoms with E-state index >= 15 is 0 Å². The van der Waals surface area contributed by atoms with Gasteiger partial charge in [-0.25, -0.2) is 0 Å². The summed E-state index contributed by atoms with van der Waals surface area (Å²) < 4.78 is 1.36. The molecule has 3 rings (SSSR count). The van der Waals surface area contributed by atoms with Gasteiger partial charge >= 0.3 is 0 Å². The van der Waals surface area contributed by atoms with Gasteiger partial charge in [-0.3, -0.25) is 0 Å². The molecule has 0 saturated heterocycles. The van der Waals surface area contributed by atoms with E-state index in [0.29, 0.717) is 0 Å². The number of fused-ring (bicyclic) bond motifs is 1. The van der Waals surface area contributed by atoms with Crippen molar-refractivity contribution in [1.29, 1.82) is 0 Å². The van der Waals surface area contributed by atoms with Crippen molar-refractivity contribution in [3.8, 4) is 10.4 Å². The number of benzene rings is 2. The second kappa shape index (κ2) is 6.50. The van der Waals surface area contributed by atoms with Gasteiger partial charge in [0.2, 0.25) is 0 Å². The van der Waals surface area contributed by atoms with Gasteiger partial charge in [-0.15, -0.1) is 11.3 Å². The van der Waals surface area contributed by atoms with Crippen LogP contribution in [-0.4, -0.2) is 26.0 Å². The molecule has 1 heterocycles. The minimum absolute atomic E-state index is 1.30. The summed E-state index contributed by atoms with van der Waals surface area (Å²) in [6.07, 6.45) is 0. The molecule has 0 unspecified atom stereocenters. The maximum absolute atomic E-state index is 2.26. The van der Waals surface area contributed by atoms with Gasteiger partial charge in [0.15, 0.2) is 0 Å². The minimum Gasteiger partial charge on any atom is -0.312 e. The standard InChI is InChI=1S/C14H10S.C3H9N/c1-2-6-11(7-3-1)14-10-12-8-4-5-9-13(12)15-14;1-4(2)3/h1-10H;1-3H3. The van der Waals surface area contributed by atoms with Crippen molar-refractivity contribution in [2.75, 3.05) is 21.1 Å². The number of nitrogens with zero attached hydrogens (tertiary/aromatic N) is 1. The lowest BCUT2D eigenvalue weighted by molar-refractivity contribution is 0.505. The van der Waals surface area contributed by atoms with Crippen molar-refractivity contribution < 1.29 is 0 Å². The van der Waals surface area contributed by atoms with E-state index in [1.54, 1.807) is 0 Å². The highest BCUT2D eigenvalue weighted by atomic mass is 32.1. The van der Waals surface area contributed by atoms with Crippen LogP contribution in [-0.2, 0) is 0 Å². The predicted octanol–water partition coefficient (Wildman–Crippen LogP) is 4.75. The molecule has 0 spiro atoms. The van der Waals surface area contributed by atoms with Crippen LogP contribution in [0.15, 0.2) is 60.7 Å². The molecule has 0 aliphatic heterocycles. The first-order valence-corrected chi connectivity index (χ1v) is 7.13. The molecule has 2 aromatic carbocycles. The lowest BCUT2D eigenvalue weighted by Gasteiger charge is -1.93. The van der Waals surface area contributed by atoms with Crippen LogP contribution in [0.4, 0.5) is 0 Å². The second-order valence-corrected chi connectivity index (χ2v) is 5.94. The Kier molecular flexibility index (Phi) is 4.72. The SMILES string of the molecule is CN(C)C.c1ccc(-c2cc3ccccc3s2)cc1. The van der Waals surface area contributed by atoms with Gasteiger partial charge in [0.1, 0.15) is 0 Å². The van der Waals surface area contributed by atoms with Gasteiger partial charge in [0, 0.05) is 9.58 Å². The van der Waals surface area contributed by atoms with Gasteiger partial charge in [-0.05, 0) is 44.2 Å². The molecule has 0 aliphatic rings. The second-order valence-electron chi connectivity index (χ2n) is 4.86. The zero-order valence-electron chi connectivity index (χ0n) is 11.6. The van der Waals surface area contributed by atoms with E-state index < -0.39 is 0 Å². The van der Waals surface area contributed by atoms with E-state index in [0.717, 1.165) is 0 Å². The lowest BCUT2D eigenvalue weighted by atomic mass is 10.2. The van der Waals surface area contributed by atoms with Crippen molar-refractivity contribution in [2.45, 2.75) is 0 Å². The normalized spacial score (nSPS) is 10.3. The van der Waals surface area contributed by atoms with Crippen LogP contribution < -0.4 is 0 Å². The number of thiophene rings is 1. The summed E-state index contributed by atoms with van der Waals surface area (Å²) in [5.41, 5.74) is 1.30. The molecule has 0 aliphatic carbocycles. The molecule has 19 heavy (non-hydrogen) atoms. The first-order chi connectivity index (χ1) is 9.16. The molecule has 98 valence electrons. The fourth-order valence-electron chi connectivity index (χ4n) is 1.73. The zero-order valence-corrected chi connectivity index (χ0v) is 12.4. The van der Waals surface area contributed by atoms with Gasteiger partial charge in [-0.1, -0.05) is 48.5 Å². The van der Waals surface area contributed by atoms with Gasteiger partial charge in [0.05, 0.1) is 0 Å². The Morgan fingerprint density at radius 2 is 1.37 bits per heavy atom. The quantitative estimate of drug-likeness (QED) is 0.616. The van der Waals surface area contributed by atoms with Crippen LogP contribution >= 0.6 is 11.3 Å². The zero-order chi connectivity index (χ0) is 13.7. The molecule has 0 saturated carbocycles. The summed E-state index contributed by atoms with van der Waals surface area (Å²) in [5.74, 6) is 0. The summed E-state index contributed by atoms with van der Waals surface area (Å²) in [6.45, 7) is 0. The molecule has 2 heteroatoms. The average Bonchev–Trinajstić information content (AvgIpc) is 2.83. The Morgan fingerprint density at radius 1 is 0.789 bits per heavy atom. The summed E-state index contributed by atoms with van der Waals surface area (Å²) in [5, 5.41) is 1.33. The summed E-state index contributed by atoms with van der Waals surface area (Å²) in [4.78, 5) is 3.34. The summed E-state index contributed by atoms with van der Waals surface area (Å²) in [6, 6.07) is 21.3. The lowest BCUT2D eigenvalue weighted by Crippen LogP contribution is -1.99. The van der Waals surface area contributed by atoms with Gasteiger partial charge < -0.3 is 4.90 Å². The van der Waals surface area contributed by atoms with Crippen LogP contribution in [0.5, 0.6) is 0 Å². The highest BCUT2D eigenvalue weighted by Crippen LogP contribution is 2.32. The minimum atomic E-state index is 1.30. The molecule has 3 aromatic rings. The van der Waals surface area contributed by atoms with Crippen LogP contribution in [0.3, 0.4) is 0 Å². The van der Waals surface area contributed by atoms with Crippen molar-refractivity contribution in [1.82, 2.24) is 4.90 Å². The van der Waals surface area contributed by atoms with Crippen molar-refractivity contribution in [2.24, 2.45) is 0 Å². The molecule has 1 nitrogen and oxygen atoms in total. The molecular weight excluding hydrogens is 250 g/mol. The Morgan fingerprint density at radius 3 is 2.00 bits per heavy atom. The highest BCUT2D eigenvalue weighted by Gasteiger charge is 2.02. The smallest absolute Gasteiger partial charge is 0.0355 e. The third kappa shape index (κ3) is 3.91. The monoisotopic (exact) mass is 269 g/mol. The molecule has 1 aromatic heterocycles. The Balaban J connectivity index is 0.000000297. The Bertz CT molecular complexity index is 590. The maximum atomic E-state index is 2.26. The van der Waals surface area contributed by atoms with E-state index in [-0.39, 0.29) is 0 Å². The number of hydrogen-bond acceptors (Lipinski definition) is 2. The van der Waals surface area contributed by atoms with Crippen molar-refractivity contribution in [3.05, 3.63) is 60.7 Å². The van der Waals surface area contributed by atoms with Crippen LogP contribution in [0.2, 0.25) is 0 Å². The molecule has 0 amide bonds. The molecule has 0 atom stereocenters. The average molecular weight is 269 g/mol. The predicted molar refractivity (Wildman–Crippen MR) is 86.9 cm³/mol. The Hall–Kier alpha value is -1.64. The van der Waals surface area contributed by atoms with Crippen molar-refractivity contribution in [3.63, 3.8) is 0 Å². The van der Waals surface area contributed by atoms with Crippen LogP contribution in [0, 0.1) is 0 Å². The third-order valence-corrected chi connectivity index (χ3v) is 3.65. The summed E-state index contributed by atoms with van der Waals surface area (Å²) >= 11 is 1.85. The largest absolute Gasteiger partial charge is 0.312 e. The van der Waals surface area contributed by atoms with E-state index in [1.165, 1.54) is 20.5 Å². The van der Waals surface area contributed by atoms with E-state index in [2.05, 4.69) is 60.7 Å². The van der Waals surface area contributed by atoms with E-state index in [9.17, 15) is 0 Å². The highest BCUT2D eigenvalue weighted by molar-refractivity contribution is 7.22. The van der Waals surface area contributed by atoms with Crippen LogP contribution in [0.25, 0.3) is 20.5 Å². The van der Waals surface area contributed by atoms with E-state index in [1.807, 2.05) is 37.4 Å². The van der Waals surface area contributed by atoms with Crippen LogP contribution in [0.1, 0.15) is 0 Å². The first kappa shape index (κ1) is 13.8. The molecule has 0 radical (unpaired) electrons. The molecule has 0 N–H and O–H groups in total. The number of hydrogen-bond donors (Lipinski definition) is 0. The van der Waals surface area contributed by atoms with Gasteiger partial charge in [0.25, 0.3) is 0 Å².